The average Bonchev–Trinajstić information content (AvgIpc) is 2.65. The Bertz CT molecular complexity index is 803. The number of ether oxygens (including phenoxy) is 2. The Morgan fingerprint density at radius 3 is 2.65 bits per heavy atom. The van der Waals surface area contributed by atoms with E-state index in [0.29, 0.717) is 44.7 Å². The Balaban J connectivity index is 1.90. The summed E-state index contributed by atoms with van der Waals surface area (Å²) in [5.74, 6) is 1.28. The lowest BCUT2D eigenvalue weighted by Crippen LogP contribution is -2.37. The molecule has 0 atom stereocenters. The minimum atomic E-state index is -0.169. The van der Waals surface area contributed by atoms with Gasteiger partial charge in [0.2, 0.25) is 17.8 Å². The summed E-state index contributed by atoms with van der Waals surface area (Å²) in [7, 11) is 3.70. The van der Waals surface area contributed by atoms with E-state index in [-0.39, 0.29) is 17.4 Å². The second-order valence-corrected chi connectivity index (χ2v) is 6.05. The molecule has 1 fully saturated rings. The molecule has 1 saturated heterocycles. The Kier molecular flexibility index (Phi) is 5.61. The average molecular weight is 361 g/mol. The number of hydrogen-bond donors (Lipinski definition) is 0. The van der Waals surface area contributed by atoms with Crippen LogP contribution in [-0.2, 0) is 11.3 Å². The molecule has 140 valence electrons. The second-order valence-electron chi connectivity index (χ2n) is 6.05. The SMILES string of the molecule is CCCn1nc(Oc2nc(N(C)C)nc(N3CCOCC3)n2)ccc1=O. The molecule has 26 heavy (non-hydrogen) atoms. The number of morpholine rings is 1. The zero-order valence-corrected chi connectivity index (χ0v) is 15.3. The van der Waals surface area contributed by atoms with Gasteiger partial charge in [0.15, 0.2) is 0 Å². The van der Waals surface area contributed by atoms with Crippen LogP contribution in [-0.4, -0.2) is 65.1 Å². The number of anilines is 2. The van der Waals surface area contributed by atoms with E-state index in [1.54, 1.807) is 4.90 Å². The number of rotatable bonds is 6. The van der Waals surface area contributed by atoms with Crippen LogP contribution in [0.4, 0.5) is 11.9 Å². The van der Waals surface area contributed by atoms with E-state index in [0.717, 1.165) is 6.42 Å². The van der Waals surface area contributed by atoms with Crippen molar-refractivity contribution in [2.75, 3.05) is 50.2 Å². The number of aromatic nitrogens is 5. The molecule has 2 aromatic rings. The molecule has 0 bridgehead atoms. The minimum absolute atomic E-state index is 0.138. The molecule has 0 aliphatic carbocycles. The highest BCUT2D eigenvalue weighted by molar-refractivity contribution is 5.40. The number of hydrogen-bond acceptors (Lipinski definition) is 9. The second kappa shape index (κ2) is 8.09. The molecule has 0 amide bonds. The predicted octanol–water partition coefficient (Wildman–Crippen LogP) is 0.533. The lowest BCUT2D eigenvalue weighted by molar-refractivity contribution is 0.122. The molecule has 1 aliphatic heterocycles. The van der Waals surface area contributed by atoms with Gasteiger partial charge in [-0.15, -0.1) is 5.10 Å². The predicted molar refractivity (Wildman–Crippen MR) is 96.0 cm³/mol. The van der Waals surface area contributed by atoms with Crippen molar-refractivity contribution in [3.05, 3.63) is 22.5 Å². The van der Waals surface area contributed by atoms with Crippen LogP contribution < -0.4 is 20.1 Å². The first-order chi connectivity index (χ1) is 12.6. The van der Waals surface area contributed by atoms with Crippen molar-refractivity contribution in [1.82, 2.24) is 24.7 Å². The minimum Gasteiger partial charge on any atom is -0.403 e. The first-order valence-electron chi connectivity index (χ1n) is 8.59. The summed E-state index contributed by atoms with van der Waals surface area (Å²) in [6.45, 7) is 5.16. The van der Waals surface area contributed by atoms with E-state index in [1.165, 1.54) is 16.8 Å². The molecule has 10 heteroatoms. The van der Waals surface area contributed by atoms with Gasteiger partial charge in [-0.05, 0) is 6.42 Å². The first-order valence-corrected chi connectivity index (χ1v) is 8.59. The van der Waals surface area contributed by atoms with Crippen molar-refractivity contribution < 1.29 is 9.47 Å². The van der Waals surface area contributed by atoms with Gasteiger partial charge in [-0.1, -0.05) is 6.92 Å². The lowest BCUT2D eigenvalue weighted by Gasteiger charge is -2.27. The normalized spacial score (nSPS) is 14.3. The first kappa shape index (κ1) is 18.1. The maximum Gasteiger partial charge on any atom is 0.330 e. The molecule has 0 N–H and O–H groups in total. The maximum atomic E-state index is 11.8. The molecule has 1 aliphatic rings. The molecule has 3 heterocycles. The smallest absolute Gasteiger partial charge is 0.330 e. The molecular weight excluding hydrogens is 338 g/mol. The Morgan fingerprint density at radius 2 is 1.96 bits per heavy atom. The summed E-state index contributed by atoms with van der Waals surface area (Å²) in [6.07, 6.45) is 0.800. The highest BCUT2D eigenvalue weighted by atomic mass is 16.5. The largest absolute Gasteiger partial charge is 0.403 e. The van der Waals surface area contributed by atoms with Crippen LogP contribution in [0.2, 0.25) is 0 Å². The molecule has 0 spiro atoms. The topological polar surface area (TPSA) is 98.5 Å². The van der Waals surface area contributed by atoms with Crippen molar-refractivity contribution in [3.63, 3.8) is 0 Å². The summed E-state index contributed by atoms with van der Waals surface area (Å²) < 4.78 is 12.5. The van der Waals surface area contributed by atoms with E-state index < -0.39 is 0 Å². The summed E-state index contributed by atoms with van der Waals surface area (Å²) in [4.78, 5) is 28.8. The van der Waals surface area contributed by atoms with E-state index in [9.17, 15) is 4.79 Å². The fraction of sp³-hybridized carbons (Fsp3) is 0.562. The zero-order chi connectivity index (χ0) is 18.5. The maximum absolute atomic E-state index is 11.8. The van der Waals surface area contributed by atoms with Gasteiger partial charge in [-0.25, -0.2) is 4.68 Å². The fourth-order valence-electron chi connectivity index (χ4n) is 2.44. The van der Waals surface area contributed by atoms with Gasteiger partial charge < -0.3 is 19.3 Å². The lowest BCUT2D eigenvalue weighted by atomic mass is 10.4. The van der Waals surface area contributed by atoms with Gasteiger partial charge in [0.05, 0.1) is 13.2 Å². The van der Waals surface area contributed by atoms with Gasteiger partial charge >= 0.3 is 6.01 Å². The molecule has 3 rings (SSSR count). The molecule has 0 radical (unpaired) electrons. The molecule has 0 aromatic carbocycles. The zero-order valence-electron chi connectivity index (χ0n) is 15.3. The van der Waals surface area contributed by atoms with Crippen molar-refractivity contribution in [3.8, 4) is 11.9 Å². The quantitative estimate of drug-likeness (QED) is 0.729. The van der Waals surface area contributed by atoms with Crippen LogP contribution in [0.25, 0.3) is 0 Å². The van der Waals surface area contributed by atoms with Crippen molar-refractivity contribution >= 4 is 11.9 Å². The summed E-state index contributed by atoms with van der Waals surface area (Å²) >= 11 is 0. The fourth-order valence-corrected chi connectivity index (χ4v) is 2.44. The third-order valence-corrected chi connectivity index (χ3v) is 3.76. The molecule has 2 aromatic heterocycles. The van der Waals surface area contributed by atoms with E-state index in [2.05, 4.69) is 20.1 Å². The third-order valence-electron chi connectivity index (χ3n) is 3.76. The molecule has 10 nitrogen and oxygen atoms in total. The standard InChI is InChI=1S/C16H23N7O3/c1-4-7-23-13(24)6-5-12(20-23)26-16-18-14(21(2)3)17-15(19-16)22-8-10-25-11-9-22/h5-6H,4,7-11H2,1-3H3. The summed E-state index contributed by atoms with van der Waals surface area (Å²) in [5, 5.41) is 4.21. The van der Waals surface area contributed by atoms with E-state index >= 15 is 0 Å². The van der Waals surface area contributed by atoms with Crippen LogP contribution in [0.3, 0.4) is 0 Å². The van der Waals surface area contributed by atoms with E-state index in [1.807, 2.05) is 25.9 Å². The van der Waals surface area contributed by atoms with Crippen molar-refractivity contribution in [2.45, 2.75) is 19.9 Å². The van der Waals surface area contributed by atoms with Crippen LogP contribution in [0.5, 0.6) is 11.9 Å². The monoisotopic (exact) mass is 361 g/mol. The van der Waals surface area contributed by atoms with Gasteiger partial charge in [-0.2, -0.15) is 15.0 Å². The summed E-state index contributed by atoms with van der Waals surface area (Å²) in [6, 6.07) is 3.08. The highest BCUT2D eigenvalue weighted by Crippen LogP contribution is 2.20. The Hall–Kier alpha value is -2.75. The molecule has 0 saturated carbocycles. The number of nitrogens with zero attached hydrogens (tertiary/aromatic N) is 7. The van der Waals surface area contributed by atoms with Crippen LogP contribution in [0, 0.1) is 0 Å². The highest BCUT2D eigenvalue weighted by Gasteiger charge is 2.18. The Labute approximate surface area is 151 Å². The van der Waals surface area contributed by atoms with Crippen LogP contribution >= 0.6 is 0 Å². The van der Waals surface area contributed by atoms with Gasteiger partial charge in [0, 0.05) is 45.9 Å². The van der Waals surface area contributed by atoms with Crippen molar-refractivity contribution in [2.24, 2.45) is 0 Å². The third kappa shape index (κ3) is 4.26. The van der Waals surface area contributed by atoms with E-state index in [4.69, 9.17) is 9.47 Å². The van der Waals surface area contributed by atoms with Gasteiger partial charge in [-0.3, -0.25) is 4.79 Å². The molecule has 0 unspecified atom stereocenters. The van der Waals surface area contributed by atoms with Gasteiger partial charge in [0.1, 0.15) is 0 Å². The molecular formula is C16H23N7O3. The van der Waals surface area contributed by atoms with Crippen molar-refractivity contribution in [1.29, 1.82) is 0 Å². The summed E-state index contributed by atoms with van der Waals surface area (Å²) in [5.41, 5.74) is -0.169. The van der Waals surface area contributed by atoms with Crippen LogP contribution in [0.1, 0.15) is 13.3 Å². The number of aryl methyl sites for hydroxylation is 1. The Morgan fingerprint density at radius 1 is 1.19 bits per heavy atom. The van der Waals surface area contributed by atoms with Crippen LogP contribution in [0.15, 0.2) is 16.9 Å². The van der Waals surface area contributed by atoms with Gasteiger partial charge in [0.25, 0.3) is 5.56 Å².